The monoisotopic (exact) mass is 287 g/mol. The maximum Gasteiger partial charge on any atom is 0.251 e. The Morgan fingerprint density at radius 1 is 1.19 bits per heavy atom. The molecule has 0 bridgehead atoms. The molecule has 0 spiro atoms. The number of nitrogens with one attached hydrogen (secondary N) is 1. The van der Waals surface area contributed by atoms with Gasteiger partial charge in [0.2, 0.25) is 0 Å². The van der Waals surface area contributed by atoms with Crippen LogP contribution in [0.4, 0.5) is 4.39 Å². The molecule has 0 aromatic heterocycles. The summed E-state index contributed by atoms with van der Waals surface area (Å²) in [5, 5.41) is 11.8. The first-order valence-electron chi connectivity index (χ1n) is 6.75. The number of amides is 1. The van der Waals surface area contributed by atoms with Gasteiger partial charge in [0, 0.05) is 17.7 Å². The predicted molar refractivity (Wildman–Crippen MR) is 79.4 cm³/mol. The first kappa shape index (κ1) is 15.2. The summed E-state index contributed by atoms with van der Waals surface area (Å²) in [5.41, 5.74) is 3.63. The molecule has 4 heteroatoms. The zero-order valence-electron chi connectivity index (χ0n) is 12.1. The summed E-state index contributed by atoms with van der Waals surface area (Å²) in [5.74, 6) is -0.607. The van der Waals surface area contributed by atoms with Crippen molar-refractivity contribution in [2.75, 3.05) is 0 Å². The molecule has 0 saturated heterocycles. The number of halogens is 1. The molecule has 3 nitrogen and oxygen atoms in total. The molecule has 2 aromatic rings. The quantitative estimate of drug-likeness (QED) is 0.908. The summed E-state index contributed by atoms with van der Waals surface area (Å²) in [6.07, 6.45) is 0. The zero-order valence-corrected chi connectivity index (χ0v) is 12.1. The van der Waals surface area contributed by atoms with Crippen LogP contribution in [0.25, 0.3) is 0 Å². The lowest BCUT2D eigenvalue weighted by molar-refractivity contribution is 0.0950. The van der Waals surface area contributed by atoms with Crippen LogP contribution in [-0.4, -0.2) is 11.0 Å². The van der Waals surface area contributed by atoms with Crippen molar-refractivity contribution in [3.05, 3.63) is 70.0 Å². The van der Waals surface area contributed by atoms with Gasteiger partial charge >= 0.3 is 0 Å². The van der Waals surface area contributed by atoms with Gasteiger partial charge in [-0.1, -0.05) is 23.8 Å². The van der Waals surface area contributed by atoms with Gasteiger partial charge in [-0.25, -0.2) is 4.39 Å². The molecular formula is C17H18FNO2. The molecule has 0 radical (unpaired) electrons. The first-order valence-corrected chi connectivity index (χ1v) is 6.75. The standard InChI is InChI=1S/C17H18FNO2/c1-11-3-5-15(12(2)7-11)17(21)19-9-13-4-6-16(18)14(8-13)10-20/h3-8,20H,9-10H2,1-2H3,(H,19,21). The number of carbonyl (C=O) groups excluding carboxylic acids is 1. The fraction of sp³-hybridized carbons (Fsp3) is 0.235. The van der Waals surface area contributed by atoms with E-state index in [-0.39, 0.29) is 18.1 Å². The number of aryl methyl sites for hydroxylation is 2. The van der Waals surface area contributed by atoms with Crippen LogP contribution in [0, 0.1) is 19.7 Å². The second-order valence-electron chi connectivity index (χ2n) is 5.08. The average molecular weight is 287 g/mol. The summed E-state index contributed by atoms with van der Waals surface area (Å²) in [4.78, 5) is 12.1. The Hall–Kier alpha value is -2.20. The van der Waals surface area contributed by atoms with Crippen LogP contribution < -0.4 is 5.32 Å². The normalized spacial score (nSPS) is 10.5. The van der Waals surface area contributed by atoms with Gasteiger partial charge in [-0.05, 0) is 43.2 Å². The maximum absolute atomic E-state index is 13.3. The van der Waals surface area contributed by atoms with Crippen LogP contribution in [0.3, 0.4) is 0 Å². The van der Waals surface area contributed by atoms with E-state index in [9.17, 15) is 9.18 Å². The van der Waals surface area contributed by atoms with Crippen LogP contribution in [0.15, 0.2) is 36.4 Å². The van der Waals surface area contributed by atoms with Gasteiger partial charge in [0.15, 0.2) is 0 Å². The summed E-state index contributed by atoms with van der Waals surface area (Å²) in [7, 11) is 0. The Kier molecular flexibility index (Phi) is 4.70. The van der Waals surface area contributed by atoms with E-state index < -0.39 is 5.82 Å². The third-order valence-corrected chi connectivity index (χ3v) is 3.36. The van der Waals surface area contributed by atoms with Crippen LogP contribution in [-0.2, 0) is 13.2 Å². The van der Waals surface area contributed by atoms with E-state index in [0.29, 0.717) is 12.1 Å². The summed E-state index contributed by atoms with van der Waals surface area (Å²) < 4.78 is 13.3. The summed E-state index contributed by atoms with van der Waals surface area (Å²) >= 11 is 0. The van der Waals surface area contributed by atoms with Crippen molar-refractivity contribution in [1.82, 2.24) is 5.32 Å². The molecule has 0 aliphatic heterocycles. The third kappa shape index (κ3) is 3.67. The van der Waals surface area contributed by atoms with Gasteiger partial charge in [0.25, 0.3) is 5.91 Å². The highest BCUT2D eigenvalue weighted by Crippen LogP contribution is 2.12. The number of carbonyl (C=O) groups is 1. The minimum Gasteiger partial charge on any atom is -0.392 e. The molecule has 0 aliphatic carbocycles. The summed E-state index contributed by atoms with van der Waals surface area (Å²) in [6.45, 7) is 3.80. The number of rotatable bonds is 4. The molecule has 2 N–H and O–H groups in total. The largest absolute Gasteiger partial charge is 0.392 e. The molecule has 21 heavy (non-hydrogen) atoms. The van der Waals surface area contributed by atoms with E-state index in [1.54, 1.807) is 18.2 Å². The Balaban J connectivity index is 2.07. The van der Waals surface area contributed by atoms with Gasteiger partial charge in [0.05, 0.1) is 6.61 Å². The average Bonchev–Trinajstić information content (AvgIpc) is 2.46. The maximum atomic E-state index is 13.3. The number of hydrogen-bond acceptors (Lipinski definition) is 2. The van der Waals surface area contributed by atoms with Gasteiger partial charge in [0.1, 0.15) is 5.82 Å². The van der Waals surface area contributed by atoms with Crippen LogP contribution >= 0.6 is 0 Å². The van der Waals surface area contributed by atoms with Crippen molar-refractivity contribution in [2.24, 2.45) is 0 Å². The van der Waals surface area contributed by atoms with E-state index >= 15 is 0 Å². The third-order valence-electron chi connectivity index (χ3n) is 3.36. The molecule has 0 aliphatic rings. The van der Waals surface area contributed by atoms with Gasteiger partial charge < -0.3 is 10.4 Å². The van der Waals surface area contributed by atoms with Crippen molar-refractivity contribution in [3.63, 3.8) is 0 Å². The number of benzene rings is 2. The Morgan fingerprint density at radius 2 is 1.95 bits per heavy atom. The summed E-state index contributed by atoms with van der Waals surface area (Å²) in [6, 6.07) is 10.1. The lowest BCUT2D eigenvalue weighted by Gasteiger charge is -2.09. The van der Waals surface area contributed by atoms with E-state index in [4.69, 9.17) is 5.11 Å². The number of aliphatic hydroxyl groups is 1. The number of aliphatic hydroxyl groups excluding tert-OH is 1. The first-order chi connectivity index (χ1) is 10.0. The lowest BCUT2D eigenvalue weighted by atomic mass is 10.0. The van der Waals surface area contributed by atoms with E-state index in [1.807, 2.05) is 26.0 Å². The molecule has 1 amide bonds. The number of hydrogen-bond donors (Lipinski definition) is 2. The van der Waals surface area contributed by atoms with Crippen molar-refractivity contribution < 1.29 is 14.3 Å². The van der Waals surface area contributed by atoms with Gasteiger partial charge in [-0.3, -0.25) is 4.79 Å². The topological polar surface area (TPSA) is 49.3 Å². The highest BCUT2D eigenvalue weighted by molar-refractivity contribution is 5.95. The second kappa shape index (κ2) is 6.50. The van der Waals surface area contributed by atoms with E-state index in [0.717, 1.165) is 16.7 Å². The highest BCUT2D eigenvalue weighted by atomic mass is 19.1. The molecule has 110 valence electrons. The molecule has 0 fully saturated rings. The molecule has 0 heterocycles. The minimum absolute atomic E-state index is 0.164. The van der Waals surface area contributed by atoms with Gasteiger partial charge in [-0.15, -0.1) is 0 Å². The van der Waals surface area contributed by atoms with Crippen LogP contribution in [0.5, 0.6) is 0 Å². The van der Waals surface area contributed by atoms with Crippen molar-refractivity contribution >= 4 is 5.91 Å². The lowest BCUT2D eigenvalue weighted by Crippen LogP contribution is -2.23. The fourth-order valence-electron chi connectivity index (χ4n) is 2.21. The van der Waals surface area contributed by atoms with Crippen LogP contribution in [0.1, 0.15) is 32.6 Å². The Labute approximate surface area is 123 Å². The second-order valence-corrected chi connectivity index (χ2v) is 5.08. The van der Waals surface area contributed by atoms with Crippen molar-refractivity contribution in [2.45, 2.75) is 27.0 Å². The molecular weight excluding hydrogens is 269 g/mol. The Bertz CT molecular complexity index is 668. The van der Waals surface area contributed by atoms with E-state index in [2.05, 4.69) is 5.32 Å². The molecule has 0 saturated carbocycles. The Morgan fingerprint density at radius 3 is 2.62 bits per heavy atom. The van der Waals surface area contributed by atoms with E-state index in [1.165, 1.54) is 6.07 Å². The van der Waals surface area contributed by atoms with Crippen LogP contribution in [0.2, 0.25) is 0 Å². The molecule has 0 unspecified atom stereocenters. The molecule has 2 aromatic carbocycles. The fourth-order valence-corrected chi connectivity index (χ4v) is 2.21. The smallest absolute Gasteiger partial charge is 0.251 e. The van der Waals surface area contributed by atoms with Crippen molar-refractivity contribution in [3.8, 4) is 0 Å². The van der Waals surface area contributed by atoms with Crippen molar-refractivity contribution in [1.29, 1.82) is 0 Å². The zero-order chi connectivity index (χ0) is 15.4. The SMILES string of the molecule is Cc1ccc(C(=O)NCc2ccc(F)c(CO)c2)c(C)c1. The van der Waals surface area contributed by atoms with Gasteiger partial charge in [-0.2, -0.15) is 0 Å². The highest BCUT2D eigenvalue weighted by Gasteiger charge is 2.09. The molecule has 0 atom stereocenters. The predicted octanol–water partition coefficient (Wildman–Crippen LogP) is 2.86. The minimum atomic E-state index is -0.443. The molecule has 2 rings (SSSR count).